The van der Waals surface area contributed by atoms with E-state index in [1.165, 1.54) is 0 Å². The van der Waals surface area contributed by atoms with Crippen LogP contribution in [0, 0.1) is 5.92 Å². The Hall–Kier alpha value is -1.10. The highest BCUT2D eigenvalue weighted by Gasteiger charge is 2.26. The van der Waals surface area contributed by atoms with E-state index in [4.69, 9.17) is 4.74 Å². The van der Waals surface area contributed by atoms with E-state index in [9.17, 15) is 9.59 Å². The standard InChI is InChI=1S/C11H18N2O3/c14-10(13-4-6-16-7-5-13)8-12-11(15)9-2-1-3-9/h9H,1-8H2,(H,12,15). The average molecular weight is 226 g/mol. The van der Waals surface area contributed by atoms with Crippen LogP contribution in [0.15, 0.2) is 0 Å². The molecule has 0 aromatic carbocycles. The molecule has 1 saturated carbocycles. The molecule has 1 N–H and O–H groups in total. The zero-order valence-corrected chi connectivity index (χ0v) is 9.41. The fourth-order valence-electron chi connectivity index (χ4n) is 1.90. The summed E-state index contributed by atoms with van der Waals surface area (Å²) in [6.07, 6.45) is 3.07. The Morgan fingerprint density at radius 1 is 1.25 bits per heavy atom. The van der Waals surface area contributed by atoms with Gasteiger partial charge < -0.3 is 15.0 Å². The third-order valence-corrected chi connectivity index (χ3v) is 3.25. The maximum absolute atomic E-state index is 11.7. The highest BCUT2D eigenvalue weighted by atomic mass is 16.5. The molecule has 2 rings (SSSR count). The predicted octanol–water partition coefficient (Wildman–Crippen LogP) is -0.239. The number of hydrogen-bond donors (Lipinski definition) is 1. The first kappa shape index (κ1) is 11.4. The van der Waals surface area contributed by atoms with Crippen molar-refractivity contribution < 1.29 is 14.3 Å². The number of ether oxygens (including phenoxy) is 1. The third-order valence-electron chi connectivity index (χ3n) is 3.25. The van der Waals surface area contributed by atoms with E-state index in [1.54, 1.807) is 4.90 Å². The lowest BCUT2D eigenvalue weighted by atomic mass is 9.85. The van der Waals surface area contributed by atoms with Gasteiger partial charge in [0.2, 0.25) is 11.8 Å². The van der Waals surface area contributed by atoms with E-state index in [0.29, 0.717) is 26.3 Å². The molecule has 1 saturated heterocycles. The molecule has 0 aromatic heterocycles. The number of carbonyl (C=O) groups is 2. The second-order valence-electron chi connectivity index (χ2n) is 4.34. The first-order chi connectivity index (χ1) is 7.77. The van der Waals surface area contributed by atoms with Gasteiger partial charge in [0.05, 0.1) is 19.8 Å². The SMILES string of the molecule is O=C(NCC(=O)N1CCOCC1)C1CCC1. The molecule has 0 atom stereocenters. The van der Waals surface area contributed by atoms with Crippen LogP contribution in [-0.2, 0) is 14.3 Å². The van der Waals surface area contributed by atoms with Crippen LogP contribution in [0.4, 0.5) is 0 Å². The Kier molecular flexibility index (Phi) is 3.77. The Labute approximate surface area is 95.1 Å². The number of rotatable bonds is 3. The molecule has 90 valence electrons. The molecule has 1 aliphatic heterocycles. The molecule has 2 fully saturated rings. The monoisotopic (exact) mass is 226 g/mol. The number of nitrogens with zero attached hydrogens (tertiary/aromatic N) is 1. The lowest BCUT2D eigenvalue weighted by Gasteiger charge is -2.28. The van der Waals surface area contributed by atoms with Crippen LogP contribution in [0.25, 0.3) is 0 Å². The summed E-state index contributed by atoms with van der Waals surface area (Å²) in [5, 5.41) is 2.71. The minimum atomic E-state index is -0.00373. The lowest BCUT2D eigenvalue weighted by Crippen LogP contribution is -2.47. The molecule has 1 heterocycles. The predicted molar refractivity (Wildman–Crippen MR) is 57.7 cm³/mol. The molecule has 2 aliphatic rings. The molecule has 0 aromatic rings. The van der Waals surface area contributed by atoms with Crippen LogP contribution in [0.1, 0.15) is 19.3 Å². The Morgan fingerprint density at radius 3 is 2.50 bits per heavy atom. The zero-order chi connectivity index (χ0) is 11.4. The van der Waals surface area contributed by atoms with E-state index in [2.05, 4.69) is 5.32 Å². The molecule has 1 aliphatic carbocycles. The van der Waals surface area contributed by atoms with Crippen LogP contribution in [0.5, 0.6) is 0 Å². The number of nitrogens with one attached hydrogen (secondary N) is 1. The molecular formula is C11H18N2O3. The van der Waals surface area contributed by atoms with Crippen molar-refractivity contribution in [2.24, 2.45) is 5.92 Å². The first-order valence-corrected chi connectivity index (χ1v) is 5.90. The van der Waals surface area contributed by atoms with Crippen molar-refractivity contribution in [1.82, 2.24) is 10.2 Å². The van der Waals surface area contributed by atoms with Crippen molar-refractivity contribution in [3.63, 3.8) is 0 Å². The average Bonchev–Trinajstić information content (AvgIpc) is 2.25. The second-order valence-corrected chi connectivity index (χ2v) is 4.34. The van der Waals surface area contributed by atoms with E-state index in [0.717, 1.165) is 19.3 Å². The fourth-order valence-corrected chi connectivity index (χ4v) is 1.90. The number of amides is 2. The third kappa shape index (κ3) is 2.72. The largest absolute Gasteiger partial charge is 0.378 e. The summed E-state index contributed by atoms with van der Waals surface area (Å²) in [6.45, 7) is 2.61. The Morgan fingerprint density at radius 2 is 1.94 bits per heavy atom. The molecule has 16 heavy (non-hydrogen) atoms. The molecule has 5 nitrogen and oxygen atoms in total. The minimum absolute atomic E-state index is 0.00373. The Balaban J connectivity index is 1.67. The van der Waals surface area contributed by atoms with Crippen molar-refractivity contribution in [3.8, 4) is 0 Å². The molecule has 5 heteroatoms. The van der Waals surface area contributed by atoms with Gasteiger partial charge >= 0.3 is 0 Å². The normalized spacial score (nSPS) is 21.4. The second kappa shape index (κ2) is 5.30. The number of hydrogen-bond acceptors (Lipinski definition) is 3. The fraction of sp³-hybridized carbons (Fsp3) is 0.818. The van der Waals surface area contributed by atoms with Gasteiger partial charge in [0.25, 0.3) is 0 Å². The Bertz CT molecular complexity index is 270. The molecule has 0 bridgehead atoms. The molecule has 0 unspecified atom stereocenters. The summed E-state index contributed by atoms with van der Waals surface area (Å²) in [7, 11) is 0. The van der Waals surface area contributed by atoms with E-state index in [-0.39, 0.29) is 24.3 Å². The number of morpholine rings is 1. The van der Waals surface area contributed by atoms with Crippen LogP contribution < -0.4 is 5.32 Å². The summed E-state index contributed by atoms with van der Waals surface area (Å²) < 4.78 is 5.16. The maximum Gasteiger partial charge on any atom is 0.242 e. The van der Waals surface area contributed by atoms with E-state index < -0.39 is 0 Å². The smallest absolute Gasteiger partial charge is 0.242 e. The van der Waals surface area contributed by atoms with Crippen molar-refractivity contribution in [2.45, 2.75) is 19.3 Å². The van der Waals surface area contributed by atoms with Gasteiger partial charge in [0, 0.05) is 19.0 Å². The van der Waals surface area contributed by atoms with Crippen LogP contribution in [0.3, 0.4) is 0 Å². The first-order valence-electron chi connectivity index (χ1n) is 5.90. The topological polar surface area (TPSA) is 58.6 Å². The molecule has 2 amide bonds. The van der Waals surface area contributed by atoms with E-state index in [1.807, 2.05) is 0 Å². The van der Waals surface area contributed by atoms with Crippen LogP contribution in [-0.4, -0.2) is 49.6 Å². The highest BCUT2D eigenvalue weighted by Crippen LogP contribution is 2.25. The van der Waals surface area contributed by atoms with Crippen LogP contribution >= 0.6 is 0 Å². The van der Waals surface area contributed by atoms with E-state index >= 15 is 0 Å². The zero-order valence-electron chi connectivity index (χ0n) is 9.41. The van der Waals surface area contributed by atoms with Gasteiger partial charge in [-0.15, -0.1) is 0 Å². The van der Waals surface area contributed by atoms with Crippen molar-refractivity contribution >= 4 is 11.8 Å². The van der Waals surface area contributed by atoms with Crippen molar-refractivity contribution in [2.75, 3.05) is 32.8 Å². The van der Waals surface area contributed by atoms with Gasteiger partial charge in [-0.25, -0.2) is 0 Å². The number of carbonyl (C=O) groups excluding carboxylic acids is 2. The minimum Gasteiger partial charge on any atom is -0.378 e. The lowest BCUT2D eigenvalue weighted by molar-refractivity contribution is -0.137. The van der Waals surface area contributed by atoms with Crippen LogP contribution in [0.2, 0.25) is 0 Å². The molecule has 0 spiro atoms. The summed E-state index contributed by atoms with van der Waals surface area (Å²) in [5.41, 5.74) is 0. The van der Waals surface area contributed by atoms with Crippen molar-refractivity contribution in [3.05, 3.63) is 0 Å². The van der Waals surface area contributed by atoms with Gasteiger partial charge in [-0.1, -0.05) is 6.42 Å². The summed E-state index contributed by atoms with van der Waals surface area (Å²) in [6, 6.07) is 0. The molecule has 0 radical (unpaired) electrons. The maximum atomic E-state index is 11.7. The highest BCUT2D eigenvalue weighted by molar-refractivity contribution is 5.86. The van der Waals surface area contributed by atoms with Crippen molar-refractivity contribution in [1.29, 1.82) is 0 Å². The van der Waals surface area contributed by atoms with Gasteiger partial charge in [0.1, 0.15) is 0 Å². The summed E-state index contributed by atoms with van der Waals surface area (Å²) in [4.78, 5) is 24.9. The van der Waals surface area contributed by atoms with Gasteiger partial charge in [-0.05, 0) is 12.8 Å². The van der Waals surface area contributed by atoms with Gasteiger partial charge in [-0.3, -0.25) is 9.59 Å². The van der Waals surface area contributed by atoms with Gasteiger partial charge in [-0.2, -0.15) is 0 Å². The van der Waals surface area contributed by atoms with Gasteiger partial charge in [0.15, 0.2) is 0 Å². The summed E-state index contributed by atoms with van der Waals surface area (Å²) in [5.74, 6) is 0.182. The quantitative estimate of drug-likeness (QED) is 0.722. The molecular weight excluding hydrogens is 208 g/mol. The summed E-state index contributed by atoms with van der Waals surface area (Å²) >= 11 is 0.